The predicted molar refractivity (Wildman–Crippen MR) is 142 cm³/mol. The Labute approximate surface area is 211 Å². The quantitative estimate of drug-likeness (QED) is 0.172. The van der Waals surface area contributed by atoms with Crippen molar-refractivity contribution in [3.63, 3.8) is 0 Å². The molecular weight excluding hydrogens is 560 g/mol. The first-order chi connectivity index (χ1) is 16.5. The summed E-state index contributed by atoms with van der Waals surface area (Å²) in [5.41, 5.74) is 5.76. The Morgan fingerprint density at radius 2 is 0.971 bits per heavy atom. The number of halogens is 2. The summed E-state index contributed by atoms with van der Waals surface area (Å²) in [6, 6.07) is 26.4. The molecule has 2 aromatic heterocycles. The maximum Gasteiger partial charge on any atom is 0.138 e. The minimum Gasteiger partial charge on any atom is -0.507 e. The van der Waals surface area contributed by atoms with E-state index in [1.165, 1.54) is 0 Å². The van der Waals surface area contributed by atoms with Gasteiger partial charge in [-0.3, -0.25) is 0 Å². The summed E-state index contributed by atoms with van der Waals surface area (Å²) in [4.78, 5) is 15.5. The minimum absolute atomic E-state index is 0.227. The summed E-state index contributed by atoms with van der Waals surface area (Å²) in [6.07, 6.45) is 0. The van der Waals surface area contributed by atoms with Gasteiger partial charge in [0.1, 0.15) is 23.1 Å². The number of imidazole rings is 2. The van der Waals surface area contributed by atoms with Crippen molar-refractivity contribution in [2.45, 2.75) is 0 Å². The van der Waals surface area contributed by atoms with Gasteiger partial charge in [-0.1, -0.05) is 24.3 Å². The summed E-state index contributed by atoms with van der Waals surface area (Å²) in [6.45, 7) is 0. The Balaban J connectivity index is 0.000000142. The summed E-state index contributed by atoms with van der Waals surface area (Å²) in [5.74, 6) is 2.05. The summed E-state index contributed by atoms with van der Waals surface area (Å²) < 4.78 is 1.32. The van der Waals surface area contributed by atoms with Gasteiger partial charge in [-0.05, 0) is 92.5 Å². The van der Waals surface area contributed by atoms with Crippen LogP contribution in [-0.4, -0.2) is 30.1 Å². The van der Waals surface area contributed by atoms with Crippen molar-refractivity contribution in [3.8, 4) is 34.3 Å². The third-order valence-corrected chi connectivity index (χ3v) is 6.49. The number of phenols is 2. The van der Waals surface area contributed by atoms with Gasteiger partial charge in [0.2, 0.25) is 0 Å². The molecule has 0 atom stereocenters. The Morgan fingerprint density at radius 1 is 0.559 bits per heavy atom. The minimum atomic E-state index is 0.227. The van der Waals surface area contributed by atoms with Crippen LogP contribution in [-0.2, 0) is 0 Å². The molecule has 6 rings (SSSR count). The molecule has 0 saturated carbocycles. The topological polar surface area (TPSA) is 97.8 Å². The SMILES string of the molecule is Oc1ccc(-c2nc3ccccc3[nH]2)cc1Br.Oc1ccc(-c2nc3ccccc3[nH]2)cc1Br. The predicted octanol–water partition coefficient (Wildman–Crippen LogP) is 7.40. The molecule has 4 N–H and O–H groups in total. The van der Waals surface area contributed by atoms with E-state index in [1.54, 1.807) is 12.1 Å². The Morgan fingerprint density at radius 3 is 1.35 bits per heavy atom. The second-order valence-corrected chi connectivity index (χ2v) is 9.25. The second kappa shape index (κ2) is 9.32. The molecule has 0 aliphatic rings. The zero-order valence-corrected chi connectivity index (χ0v) is 20.8. The van der Waals surface area contributed by atoms with Crippen LogP contribution in [0, 0.1) is 0 Å². The lowest BCUT2D eigenvalue weighted by Gasteiger charge is -1.99. The number of hydrogen-bond donors (Lipinski definition) is 4. The van der Waals surface area contributed by atoms with E-state index in [9.17, 15) is 10.2 Å². The van der Waals surface area contributed by atoms with Crippen molar-refractivity contribution in [1.82, 2.24) is 19.9 Å². The van der Waals surface area contributed by atoms with Crippen molar-refractivity contribution < 1.29 is 10.2 Å². The number of nitrogens with zero attached hydrogens (tertiary/aromatic N) is 2. The molecule has 0 fully saturated rings. The lowest BCUT2D eigenvalue weighted by molar-refractivity contribution is 0.471. The van der Waals surface area contributed by atoms with Crippen molar-refractivity contribution in [2.75, 3.05) is 0 Å². The van der Waals surface area contributed by atoms with Crippen molar-refractivity contribution in [2.24, 2.45) is 0 Å². The van der Waals surface area contributed by atoms with Crippen LogP contribution in [0.4, 0.5) is 0 Å². The van der Waals surface area contributed by atoms with Crippen LogP contribution < -0.4 is 0 Å². The monoisotopic (exact) mass is 576 g/mol. The Kier molecular flexibility index (Phi) is 6.08. The number of rotatable bonds is 2. The van der Waals surface area contributed by atoms with Gasteiger partial charge >= 0.3 is 0 Å². The van der Waals surface area contributed by atoms with Gasteiger partial charge in [-0.25, -0.2) is 9.97 Å². The van der Waals surface area contributed by atoms with E-state index in [-0.39, 0.29) is 11.5 Å². The molecule has 2 heterocycles. The molecule has 0 aliphatic heterocycles. The van der Waals surface area contributed by atoms with Gasteiger partial charge in [-0.2, -0.15) is 0 Å². The van der Waals surface area contributed by atoms with Gasteiger partial charge in [0.15, 0.2) is 0 Å². The molecule has 0 unspecified atom stereocenters. The van der Waals surface area contributed by atoms with E-state index in [2.05, 4.69) is 51.8 Å². The van der Waals surface area contributed by atoms with Crippen LogP contribution in [0.3, 0.4) is 0 Å². The zero-order valence-electron chi connectivity index (χ0n) is 17.6. The highest BCUT2D eigenvalue weighted by Crippen LogP contribution is 2.30. The smallest absolute Gasteiger partial charge is 0.138 e. The molecular formula is C26H18Br2N4O2. The van der Waals surface area contributed by atoms with E-state index in [0.717, 1.165) is 44.8 Å². The summed E-state index contributed by atoms with van der Waals surface area (Å²) in [5, 5.41) is 18.9. The number of para-hydroxylation sites is 4. The number of H-pyrrole nitrogens is 2. The fourth-order valence-electron chi connectivity index (χ4n) is 3.49. The third-order valence-electron chi connectivity index (χ3n) is 5.22. The molecule has 8 heteroatoms. The molecule has 0 radical (unpaired) electrons. The molecule has 6 nitrogen and oxygen atoms in total. The van der Waals surface area contributed by atoms with E-state index < -0.39 is 0 Å². The molecule has 0 bridgehead atoms. The van der Waals surface area contributed by atoms with Gasteiger partial charge in [-0.15, -0.1) is 0 Å². The van der Waals surface area contributed by atoms with Crippen molar-refractivity contribution >= 4 is 53.9 Å². The second-order valence-electron chi connectivity index (χ2n) is 7.54. The number of aromatic nitrogens is 4. The van der Waals surface area contributed by atoms with E-state index in [4.69, 9.17) is 0 Å². The lowest BCUT2D eigenvalue weighted by atomic mass is 10.2. The Hall–Kier alpha value is -3.62. The van der Waals surface area contributed by atoms with Gasteiger partial charge in [0, 0.05) is 11.1 Å². The fraction of sp³-hybridized carbons (Fsp3) is 0. The van der Waals surface area contributed by atoms with E-state index in [1.807, 2.05) is 72.8 Å². The highest BCUT2D eigenvalue weighted by atomic mass is 79.9. The molecule has 4 aromatic carbocycles. The molecule has 0 aliphatic carbocycles. The number of fused-ring (bicyclic) bond motifs is 2. The molecule has 0 saturated heterocycles. The van der Waals surface area contributed by atoms with Gasteiger partial charge < -0.3 is 20.2 Å². The average molecular weight is 578 g/mol. The lowest BCUT2D eigenvalue weighted by Crippen LogP contribution is -1.80. The summed E-state index contributed by atoms with van der Waals surface area (Å²) in [7, 11) is 0. The van der Waals surface area contributed by atoms with Crippen molar-refractivity contribution in [3.05, 3.63) is 93.9 Å². The fourth-order valence-corrected chi connectivity index (χ4v) is 4.25. The molecule has 0 amide bonds. The first-order valence-corrected chi connectivity index (χ1v) is 11.9. The molecule has 0 spiro atoms. The van der Waals surface area contributed by atoms with Crippen LogP contribution in [0.5, 0.6) is 11.5 Å². The van der Waals surface area contributed by atoms with Crippen LogP contribution >= 0.6 is 31.9 Å². The average Bonchev–Trinajstić information content (AvgIpc) is 3.47. The maximum atomic E-state index is 9.45. The van der Waals surface area contributed by atoms with Gasteiger partial charge in [0.05, 0.1) is 31.0 Å². The number of hydrogen-bond acceptors (Lipinski definition) is 4. The number of phenolic OH excluding ortho intramolecular Hbond substituents is 2. The molecule has 6 aromatic rings. The number of aromatic hydroxyl groups is 2. The highest BCUT2D eigenvalue weighted by Gasteiger charge is 2.08. The number of benzene rings is 4. The van der Waals surface area contributed by atoms with E-state index >= 15 is 0 Å². The van der Waals surface area contributed by atoms with Crippen LogP contribution in [0.1, 0.15) is 0 Å². The van der Waals surface area contributed by atoms with Gasteiger partial charge in [0.25, 0.3) is 0 Å². The number of aromatic amines is 2. The largest absolute Gasteiger partial charge is 0.507 e. The highest BCUT2D eigenvalue weighted by molar-refractivity contribution is 9.10. The van der Waals surface area contributed by atoms with E-state index in [0.29, 0.717) is 8.95 Å². The third kappa shape index (κ3) is 4.55. The zero-order chi connectivity index (χ0) is 23.7. The standard InChI is InChI=1S/2C13H9BrN2O/c2*14-9-7-8(5-6-12(9)17)13-15-10-3-1-2-4-11(10)16-13/h2*1-7,17H,(H,15,16). The van der Waals surface area contributed by atoms with Crippen LogP contribution in [0.15, 0.2) is 93.9 Å². The van der Waals surface area contributed by atoms with Crippen LogP contribution in [0.25, 0.3) is 44.8 Å². The first kappa shape index (κ1) is 22.2. The summed E-state index contributed by atoms with van der Waals surface area (Å²) >= 11 is 6.59. The maximum absolute atomic E-state index is 9.45. The Bertz CT molecular complexity index is 1440. The normalized spacial score (nSPS) is 10.9. The molecule has 34 heavy (non-hydrogen) atoms. The van der Waals surface area contributed by atoms with Crippen molar-refractivity contribution in [1.29, 1.82) is 0 Å². The molecule has 168 valence electrons. The number of nitrogens with one attached hydrogen (secondary N) is 2. The van der Waals surface area contributed by atoms with Crippen LogP contribution in [0.2, 0.25) is 0 Å². The first-order valence-electron chi connectivity index (χ1n) is 10.4.